The normalized spacial score (nSPS) is 36.4. The highest BCUT2D eigenvalue weighted by atomic mass is 32.7. The maximum Gasteiger partial charge on any atom is 0.387 e. The number of nitrogen functional groups attached to an aromatic ring is 1. The Kier molecular flexibility index (Phi) is 7.47. The van der Waals surface area contributed by atoms with E-state index in [0.29, 0.717) is 22.5 Å². The number of anilines is 1. The molecule has 3 aliphatic heterocycles. The standard InChI is InChI=1S/C20H25N7O11P2S/c1-9-4-26(20(29)25-19(9)28)14-3-11-13(36-14)6-41-40(32,33)38-10-2-15(35-12(10)5-34-39(30,31)37-11)27-8-24-16-17(21)22-7-23-18(16)27/h4,7-8,10-15H,2-3,5-6H2,1H3,(H,30,31)(H,32,33)(H2,21,22,23)(H,25,28,29)/p-2/t10-,11-,12+,13+,14+,15+/m0/s1. The molecule has 6 heterocycles. The van der Waals surface area contributed by atoms with Crippen molar-refractivity contribution in [3.05, 3.63) is 34.9 Å². The Morgan fingerprint density at radius 1 is 1.07 bits per heavy atom. The molecule has 0 bridgehead atoms. The van der Waals surface area contributed by atoms with E-state index in [9.17, 15) is 28.8 Å². The second-order valence-corrected chi connectivity index (χ2v) is 14.8. The van der Waals surface area contributed by atoms with Gasteiger partial charge in [0.15, 0.2) is 11.5 Å². The van der Waals surface area contributed by atoms with E-state index >= 15 is 0 Å². The Bertz CT molecular complexity index is 1640. The number of ether oxygens (including phenoxy) is 2. The van der Waals surface area contributed by atoms with Gasteiger partial charge in [-0.25, -0.2) is 29.3 Å². The zero-order valence-corrected chi connectivity index (χ0v) is 23.7. The van der Waals surface area contributed by atoms with Crippen molar-refractivity contribution in [2.45, 2.75) is 56.6 Å². The third-order valence-corrected chi connectivity index (χ3v) is 10.8. The summed E-state index contributed by atoms with van der Waals surface area (Å²) >= 11 is 0.515. The molecule has 6 rings (SSSR count). The van der Waals surface area contributed by atoms with E-state index in [1.54, 1.807) is 0 Å². The first-order valence-electron chi connectivity index (χ1n) is 12.2. The fourth-order valence-corrected chi connectivity index (χ4v) is 8.55. The topological polar surface area (TPSA) is 251 Å². The van der Waals surface area contributed by atoms with Gasteiger partial charge in [-0.05, 0) is 29.7 Å². The highest BCUT2D eigenvalue weighted by Gasteiger charge is 2.46. The summed E-state index contributed by atoms with van der Waals surface area (Å²) in [5.74, 6) is -0.793. The molecule has 3 aromatic heterocycles. The molecule has 21 heteroatoms. The Morgan fingerprint density at radius 2 is 1.78 bits per heavy atom. The second kappa shape index (κ2) is 10.7. The number of fused-ring (bicyclic) bond motifs is 3. The molecule has 3 aliphatic rings. The first-order chi connectivity index (χ1) is 19.4. The fourth-order valence-electron chi connectivity index (χ4n) is 4.83. The van der Waals surface area contributed by atoms with Crippen LogP contribution in [0.1, 0.15) is 30.9 Å². The van der Waals surface area contributed by atoms with E-state index in [-0.39, 0.29) is 30.0 Å². The molecule has 3 aromatic rings. The van der Waals surface area contributed by atoms with E-state index in [1.165, 1.54) is 30.3 Å². The van der Waals surface area contributed by atoms with Gasteiger partial charge < -0.3 is 39.1 Å². The first-order valence-corrected chi connectivity index (χ1v) is 16.8. The molecule has 41 heavy (non-hydrogen) atoms. The van der Waals surface area contributed by atoms with Crippen LogP contribution in [-0.2, 0) is 32.2 Å². The molecule has 0 aliphatic carbocycles. The summed E-state index contributed by atoms with van der Waals surface area (Å²) in [6.07, 6.45) is -2.51. The average molecular weight is 631 g/mol. The Labute approximate surface area is 234 Å². The predicted molar refractivity (Wildman–Crippen MR) is 135 cm³/mol. The lowest BCUT2D eigenvalue weighted by atomic mass is 10.2. The lowest BCUT2D eigenvalue weighted by molar-refractivity contribution is -0.276. The van der Waals surface area contributed by atoms with Gasteiger partial charge in [-0.1, -0.05) is 0 Å². The van der Waals surface area contributed by atoms with Gasteiger partial charge in [0.05, 0.1) is 25.1 Å². The second-order valence-electron chi connectivity index (χ2n) is 9.53. The SMILES string of the molecule is Cc1cn([C@H]2C[C@@H]3OP(=O)([O-])OC[C@H]4O[C@@H](n5cnc6c(N)ncnc65)C[C@@H]4OP(=O)(O)SC[C@H]3O2)c(=O)nc1[O-]. The van der Waals surface area contributed by atoms with Crippen LogP contribution in [0.15, 0.2) is 23.6 Å². The molecule has 3 N–H and O–H groups in total. The summed E-state index contributed by atoms with van der Waals surface area (Å²) < 4.78 is 56.3. The third kappa shape index (κ3) is 5.79. The number of rotatable bonds is 2. The molecular formula is C20H23N7O11P2S-2. The van der Waals surface area contributed by atoms with Crippen molar-refractivity contribution in [2.24, 2.45) is 0 Å². The smallest absolute Gasteiger partial charge is 0.387 e. The van der Waals surface area contributed by atoms with Crippen LogP contribution in [0.4, 0.5) is 5.82 Å². The molecule has 222 valence electrons. The van der Waals surface area contributed by atoms with Crippen LogP contribution >= 0.6 is 26.0 Å². The molecule has 3 saturated heterocycles. The number of hydrogen-bond donors (Lipinski definition) is 2. The highest BCUT2D eigenvalue weighted by Crippen LogP contribution is 2.60. The maximum atomic E-state index is 13.1. The van der Waals surface area contributed by atoms with E-state index in [0.717, 1.165) is 4.57 Å². The Hall–Kier alpha value is -2.44. The number of imidazole rings is 1. The van der Waals surface area contributed by atoms with Gasteiger partial charge in [-0.15, -0.1) is 0 Å². The molecular weight excluding hydrogens is 608 g/mol. The summed E-state index contributed by atoms with van der Waals surface area (Å²) in [4.78, 5) is 51.5. The summed E-state index contributed by atoms with van der Waals surface area (Å²) in [5, 5.41) is 11.7. The zero-order chi connectivity index (χ0) is 29.1. The molecule has 0 aromatic carbocycles. The van der Waals surface area contributed by atoms with Gasteiger partial charge in [0.2, 0.25) is 0 Å². The van der Waals surface area contributed by atoms with Crippen LogP contribution in [0.3, 0.4) is 0 Å². The lowest BCUT2D eigenvalue weighted by Crippen LogP contribution is -2.32. The third-order valence-electron chi connectivity index (χ3n) is 6.79. The Morgan fingerprint density at radius 3 is 2.56 bits per heavy atom. The Balaban J connectivity index is 1.23. The van der Waals surface area contributed by atoms with Crippen LogP contribution in [0.5, 0.6) is 5.88 Å². The van der Waals surface area contributed by atoms with Gasteiger partial charge in [0, 0.05) is 24.8 Å². The summed E-state index contributed by atoms with van der Waals surface area (Å²) in [5.41, 5.74) is 5.79. The van der Waals surface area contributed by atoms with Gasteiger partial charge in [-0.3, -0.25) is 18.2 Å². The van der Waals surface area contributed by atoms with E-state index in [4.69, 9.17) is 28.8 Å². The maximum absolute atomic E-state index is 13.1. The minimum atomic E-state index is -4.98. The monoisotopic (exact) mass is 631 g/mol. The number of phosphoric acid groups is 1. The minimum absolute atomic E-state index is 0.0219. The molecule has 3 fully saturated rings. The first kappa shape index (κ1) is 28.7. The van der Waals surface area contributed by atoms with Crippen molar-refractivity contribution in [3.63, 3.8) is 0 Å². The fraction of sp³-hybridized carbons (Fsp3) is 0.550. The highest BCUT2D eigenvalue weighted by molar-refractivity contribution is 8.54. The van der Waals surface area contributed by atoms with Crippen molar-refractivity contribution in [2.75, 3.05) is 18.1 Å². The molecule has 18 nitrogen and oxygen atoms in total. The van der Waals surface area contributed by atoms with E-state index < -0.39 is 69.7 Å². The molecule has 0 spiro atoms. The quantitative estimate of drug-likeness (QED) is 0.345. The van der Waals surface area contributed by atoms with Crippen molar-refractivity contribution in [3.8, 4) is 5.88 Å². The number of aryl methyl sites for hydroxylation is 1. The molecule has 0 saturated carbocycles. The largest absolute Gasteiger partial charge is 0.858 e. The van der Waals surface area contributed by atoms with Crippen LogP contribution in [0, 0.1) is 6.92 Å². The molecule has 0 radical (unpaired) electrons. The van der Waals surface area contributed by atoms with Crippen molar-refractivity contribution < 1.29 is 47.1 Å². The average Bonchev–Trinajstić information content (AvgIpc) is 3.60. The number of phosphoric ester groups is 1. The lowest BCUT2D eigenvalue weighted by Gasteiger charge is -2.31. The van der Waals surface area contributed by atoms with Crippen LogP contribution in [0.25, 0.3) is 11.2 Å². The number of hydrogen-bond acceptors (Lipinski definition) is 16. The summed E-state index contributed by atoms with van der Waals surface area (Å²) in [6.45, 7) is -3.49. The van der Waals surface area contributed by atoms with Gasteiger partial charge in [-0.2, -0.15) is 0 Å². The summed E-state index contributed by atoms with van der Waals surface area (Å²) in [7, 11) is -4.98. The number of aromatic nitrogens is 6. The minimum Gasteiger partial charge on any atom is -0.858 e. The number of nitrogens with two attached hydrogens (primary N) is 1. The van der Waals surface area contributed by atoms with Gasteiger partial charge >= 0.3 is 12.5 Å². The van der Waals surface area contributed by atoms with Gasteiger partial charge in [0.25, 0.3) is 7.82 Å². The van der Waals surface area contributed by atoms with E-state index in [1.807, 2.05) is 0 Å². The van der Waals surface area contributed by atoms with Crippen molar-refractivity contribution in [1.82, 2.24) is 29.1 Å². The zero-order valence-electron chi connectivity index (χ0n) is 21.1. The van der Waals surface area contributed by atoms with Crippen molar-refractivity contribution in [1.29, 1.82) is 0 Å². The predicted octanol–water partition coefficient (Wildman–Crippen LogP) is -0.275. The number of nitrogens with zero attached hydrogens (tertiary/aromatic N) is 6. The molecule has 2 unspecified atom stereocenters. The van der Waals surface area contributed by atoms with Gasteiger partial charge in [0.1, 0.15) is 36.5 Å². The molecule has 0 amide bonds. The summed E-state index contributed by atoms with van der Waals surface area (Å²) in [6, 6.07) is 0. The van der Waals surface area contributed by atoms with Crippen LogP contribution in [-0.4, -0.2) is 70.7 Å². The molecule has 8 atom stereocenters. The van der Waals surface area contributed by atoms with Crippen molar-refractivity contribution >= 4 is 43.0 Å². The van der Waals surface area contributed by atoms with Crippen LogP contribution < -0.4 is 21.4 Å². The van der Waals surface area contributed by atoms with Crippen LogP contribution in [0.2, 0.25) is 0 Å². The van der Waals surface area contributed by atoms with E-state index in [2.05, 4.69) is 19.9 Å².